The number of hydrogen-bond acceptors (Lipinski definition) is 5. The van der Waals surface area contributed by atoms with Crippen LogP contribution in [-0.4, -0.2) is 49.2 Å². The van der Waals surface area contributed by atoms with Gasteiger partial charge in [0.25, 0.3) is 0 Å². The van der Waals surface area contributed by atoms with Crippen molar-refractivity contribution < 1.29 is 19.2 Å². The number of nitrogens with one attached hydrogen (secondary N) is 3. The summed E-state index contributed by atoms with van der Waals surface area (Å²) in [6.45, 7) is 9.33. The molecule has 0 aromatic heterocycles. The third-order valence-electron chi connectivity index (χ3n) is 4.94. The highest BCUT2D eigenvalue weighted by atomic mass is 16.6. The number of oxime groups is 1. The lowest BCUT2D eigenvalue weighted by molar-refractivity contribution is -0.132. The molecule has 0 aromatic rings. The van der Waals surface area contributed by atoms with Crippen molar-refractivity contribution in [3.63, 3.8) is 0 Å². The number of carbonyl (C=O) groups is 3. The van der Waals surface area contributed by atoms with Gasteiger partial charge in [-0.3, -0.25) is 14.4 Å². The van der Waals surface area contributed by atoms with Crippen molar-refractivity contribution in [2.45, 2.75) is 84.8 Å². The highest BCUT2D eigenvalue weighted by molar-refractivity contribution is 5.92. The molecule has 1 rings (SSSR count). The summed E-state index contributed by atoms with van der Waals surface area (Å²) in [5, 5.41) is 12.4. The van der Waals surface area contributed by atoms with E-state index in [1.807, 2.05) is 27.7 Å². The normalized spacial score (nSPS) is 16.4. The van der Waals surface area contributed by atoms with Crippen LogP contribution in [0.3, 0.4) is 0 Å². The Hall–Kier alpha value is -2.64. The van der Waals surface area contributed by atoms with E-state index < -0.39 is 12.1 Å². The van der Waals surface area contributed by atoms with Crippen LogP contribution in [0.5, 0.6) is 0 Å². The Balaban J connectivity index is 2.94. The minimum Gasteiger partial charge on any atom is -0.399 e. The van der Waals surface area contributed by atoms with Crippen molar-refractivity contribution >= 4 is 23.9 Å². The average Bonchev–Trinajstić information content (AvgIpc) is 2.70. The fraction of sp³-hybridized carbons (Fsp3) is 0.667. The van der Waals surface area contributed by atoms with Crippen LogP contribution in [0.2, 0.25) is 0 Å². The van der Waals surface area contributed by atoms with Crippen LogP contribution in [0.15, 0.2) is 29.0 Å². The quantitative estimate of drug-likeness (QED) is 0.297. The summed E-state index contributed by atoms with van der Waals surface area (Å²) < 4.78 is 0. The van der Waals surface area contributed by atoms with Crippen LogP contribution in [0.4, 0.5) is 0 Å². The third-order valence-corrected chi connectivity index (χ3v) is 4.94. The maximum Gasteiger partial charge on any atom is 0.243 e. The highest BCUT2D eigenvalue weighted by Crippen LogP contribution is 2.15. The maximum atomic E-state index is 13.1. The summed E-state index contributed by atoms with van der Waals surface area (Å²) in [4.78, 5) is 42.4. The largest absolute Gasteiger partial charge is 0.399 e. The number of carbonyl (C=O) groups excluding carboxylic acids is 3. The molecule has 3 atom stereocenters. The Kier molecular flexibility index (Phi) is 12.4. The van der Waals surface area contributed by atoms with E-state index >= 15 is 0 Å². The van der Waals surface area contributed by atoms with Crippen LogP contribution in [-0.2, 0) is 19.2 Å². The van der Waals surface area contributed by atoms with Gasteiger partial charge in [-0.15, -0.1) is 0 Å². The topological polar surface area (TPSA) is 109 Å². The first-order valence-corrected chi connectivity index (χ1v) is 11.4. The molecule has 0 aliphatic heterocycles. The van der Waals surface area contributed by atoms with Gasteiger partial charge in [0.2, 0.25) is 17.7 Å². The molecule has 0 bridgehead atoms. The van der Waals surface area contributed by atoms with Gasteiger partial charge in [0.15, 0.2) is 0 Å². The second kappa shape index (κ2) is 14.4. The van der Waals surface area contributed by atoms with E-state index in [0.717, 1.165) is 18.4 Å². The van der Waals surface area contributed by atoms with Crippen molar-refractivity contribution in [3.8, 4) is 0 Å². The van der Waals surface area contributed by atoms with Crippen LogP contribution in [0.1, 0.15) is 66.7 Å². The highest BCUT2D eigenvalue weighted by Gasteiger charge is 2.28. The van der Waals surface area contributed by atoms with Gasteiger partial charge < -0.3 is 20.8 Å². The lowest BCUT2D eigenvalue weighted by Crippen LogP contribution is -2.55. The molecule has 2 unspecified atom stereocenters. The Morgan fingerprint density at radius 1 is 1.00 bits per heavy atom. The molecule has 1 aliphatic carbocycles. The SMILES string of the molecule is CO/N=C/C(CC1=CCCC=C1)NC(=O)[C@H](CC(C)C)NC(=O)C(CC(C)C)NC(C)=O. The van der Waals surface area contributed by atoms with Gasteiger partial charge in [-0.2, -0.15) is 0 Å². The first kappa shape index (κ1) is 27.4. The summed E-state index contributed by atoms with van der Waals surface area (Å²) in [5.41, 5.74) is 1.12. The molecule has 0 radical (unpaired) electrons. The Morgan fingerprint density at radius 3 is 2.09 bits per heavy atom. The Labute approximate surface area is 192 Å². The van der Waals surface area contributed by atoms with E-state index in [9.17, 15) is 14.4 Å². The zero-order chi connectivity index (χ0) is 24.1. The average molecular weight is 449 g/mol. The number of allylic oxidation sites excluding steroid dienone is 3. The Morgan fingerprint density at radius 2 is 1.59 bits per heavy atom. The van der Waals surface area contributed by atoms with Crippen molar-refractivity contribution in [1.29, 1.82) is 0 Å². The van der Waals surface area contributed by atoms with Crippen LogP contribution >= 0.6 is 0 Å². The van der Waals surface area contributed by atoms with E-state index in [0.29, 0.717) is 19.3 Å². The number of rotatable bonds is 13. The molecule has 180 valence electrons. The van der Waals surface area contributed by atoms with Gasteiger partial charge in [-0.25, -0.2) is 0 Å². The molecule has 0 fully saturated rings. The second-order valence-electron chi connectivity index (χ2n) is 9.09. The fourth-order valence-electron chi connectivity index (χ4n) is 3.56. The van der Waals surface area contributed by atoms with Crippen molar-refractivity contribution in [1.82, 2.24) is 16.0 Å². The maximum absolute atomic E-state index is 13.1. The predicted molar refractivity (Wildman–Crippen MR) is 127 cm³/mol. The van der Waals surface area contributed by atoms with Gasteiger partial charge in [-0.1, -0.05) is 51.1 Å². The standard InChI is InChI=1S/C24H40N4O4/c1-16(2)12-21(26-18(5)29)24(31)28-22(13-17(3)4)23(30)27-20(15-25-32-6)14-19-10-8-7-9-11-19/h8,10-11,15-17,20-22H,7,9,12-14H2,1-6H3,(H,26,29)(H,27,30)(H,28,31)/b25-15+/t20?,21?,22-/m0/s1. The lowest BCUT2D eigenvalue weighted by atomic mass is 9.98. The molecule has 1 aliphatic rings. The zero-order valence-electron chi connectivity index (χ0n) is 20.3. The molecule has 0 aromatic carbocycles. The summed E-state index contributed by atoms with van der Waals surface area (Å²) in [6, 6.07) is -1.77. The van der Waals surface area contributed by atoms with Gasteiger partial charge in [0, 0.05) is 6.92 Å². The Bertz CT molecular complexity index is 713. The first-order valence-electron chi connectivity index (χ1n) is 11.4. The zero-order valence-corrected chi connectivity index (χ0v) is 20.3. The van der Waals surface area contributed by atoms with Gasteiger partial charge in [-0.05, 0) is 49.5 Å². The van der Waals surface area contributed by atoms with Gasteiger partial charge in [0.1, 0.15) is 19.2 Å². The molecule has 3 amide bonds. The summed E-state index contributed by atoms with van der Waals surface area (Å²) in [7, 11) is 1.45. The minimum atomic E-state index is -0.722. The van der Waals surface area contributed by atoms with Crippen molar-refractivity contribution in [2.75, 3.05) is 7.11 Å². The molecule has 0 heterocycles. The number of nitrogens with zero attached hydrogens (tertiary/aromatic N) is 1. The third kappa shape index (κ3) is 11.1. The summed E-state index contributed by atoms with van der Waals surface area (Å²) in [5.74, 6) is -0.520. The van der Waals surface area contributed by atoms with Crippen LogP contribution in [0.25, 0.3) is 0 Å². The fourth-order valence-corrected chi connectivity index (χ4v) is 3.56. The molecule has 0 saturated heterocycles. The smallest absolute Gasteiger partial charge is 0.243 e. The van der Waals surface area contributed by atoms with Gasteiger partial charge >= 0.3 is 0 Å². The molecule has 32 heavy (non-hydrogen) atoms. The van der Waals surface area contributed by atoms with E-state index in [4.69, 9.17) is 4.84 Å². The monoisotopic (exact) mass is 448 g/mol. The summed E-state index contributed by atoms with van der Waals surface area (Å²) in [6.07, 6.45) is 11.4. The molecule has 0 saturated carbocycles. The van der Waals surface area contributed by atoms with E-state index in [1.54, 1.807) is 6.21 Å². The molecule has 3 N–H and O–H groups in total. The first-order chi connectivity index (χ1) is 15.1. The van der Waals surface area contributed by atoms with Crippen LogP contribution in [0, 0.1) is 11.8 Å². The lowest BCUT2D eigenvalue weighted by Gasteiger charge is -2.26. The second-order valence-corrected chi connectivity index (χ2v) is 9.09. The number of amides is 3. The molecule has 8 nitrogen and oxygen atoms in total. The van der Waals surface area contributed by atoms with Gasteiger partial charge in [0.05, 0.1) is 12.3 Å². The van der Waals surface area contributed by atoms with Crippen LogP contribution < -0.4 is 16.0 Å². The minimum absolute atomic E-state index is 0.186. The number of hydrogen-bond donors (Lipinski definition) is 3. The van der Waals surface area contributed by atoms with Crippen molar-refractivity contribution in [3.05, 3.63) is 23.8 Å². The molecule has 0 spiro atoms. The molecular weight excluding hydrogens is 408 g/mol. The van der Waals surface area contributed by atoms with Crippen molar-refractivity contribution in [2.24, 2.45) is 17.0 Å². The van der Waals surface area contributed by atoms with E-state index in [-0.39, 0.29) is 35.6 Å². The predicted octanol–water partition coefficient (Wildman–Crippen LogP) is 2.85. The molecular formula is C24H40N4O4. The van der Waals surface area contributed by atoms with E-state index in [1.165, 1.54) is 14.0 Å². The van der Waals surface area contributed by atoms with E-state index in [2.05, 4.69) is 39.3 Å². The summed E-state index contributed by atoms with van der Waals surface area (Å²) >= 11 is 0. The molecule has 8 heteroatoms.